The van der Waals surface area contributed by atoms with Crippen LogP contribution in [-0.4, -0.2) is 36.4 Å². The Morgan fingerprint density at radius 3 is 2.67 bits per heavy atom. The summed E-state index contributed by atoms with van der Waals surface area (Å²) in [4.78, 5) is 4.37. The van der Waals surface area contributed by atoms with Crippen LogP contribution in [0.1, 0.15) is 11.3 Å². The highest BCUT2D eigenvalue weighted by Crippen LogP contribution is 2.16. The molecule has 1 aromatic carbocycles. The van der Waals surface area contributed by atoms with Crippen LogP contribution in [-0.2, 0) is 23.1 Å². The van der Waals surface area contributed by atoms with Crippen LogP contribution < -0.4 is 0 Å². The second kappa shape index (κ2) is 6.80. The summed E-state index contributed by atoms with van der Waals surface area (Å²) >= 11 is 0. The minimum atomic E-state index is -3.55. The van der Waals surface area contributed by atoms with Crippen LogP contribution in [0.3, 0.4) is 0 Å². The molecule has 0 aliphatic heterocycles. The van der Waals surface area contributed by atoms with Gasteiger partial charge >= 0.3 is 0 Å². The van der Waals surface area contributed by atoms with E-state index in [1.54, 1.807) is 25.4 Å². The van der Waals surface area contributed by atoms with Crippen molar-refractivity contribution in [2.24, 2.45) is 0 Å². The molecule has 5 nitrogen and oxygen atoms in total. The molecule has 0 bridgehead atoms. The number of pyridine rings is 1. The van der Waals surface area contributed by atoms with Gasteiger partial charge in [-0.25, -0.2) is 12.7 Å². The summed E-state index contributed by atoms with van der Waals surface area (Å²) in [7, 11) is -2.00. The van der Waals surface area contributed by atoms with Crippen molar-refractivity contribution in [1.82, 2.24) is 9.29 Å². The van der Waals surface area contributed by atoms with Crippen LogP contribution in [0.2, 0.25) is 0 Å². The lowest BCUT2D eigenvalue weighted by Crippen LogP contribution is -2.29. The molecule has 0 amide bonds. The number of aliphatic hydroxyl groups is 1. The lowest BCUT2D eigenvalue weighted by molar-refractivity contribution is 0.281. The SMILES string of the molecule is CN(CCc1ccccn1)S(=O)(=O)c1cccc(CO)c1. The Labute approximate surface area is 124 Å². The van der Waals surface area contributed by atoms with Crippen molar-refractivity contribution in [2.45, 2.75) is 17.9 Å². The van der Waals surface area contributed by atoms with E-state index < -0.39 is 10.0 Å². The minimum absolute atomic E-state index is 0.180. The van der Waals surface area contributed by atoms with Gasteiger partial charge in [-0.05, 0) is 29.8 Å². The van der Waals surface area contributed by atoms with Crippen LogP contribution in [0, 0.1) is 0 Å². The number of aromatic nitrogens is 1. The fourth-order valence-corrected chi connectivity index (χ4v) is 3.16. The Kier molecular flexibility index (Phi) is 5.06. The standard InChI is InChI=1S/C15H18N2O3S/c1-17(10-8-14-6-2-3-9-16-14)21(19,20)15-7-4-5-13(11-15)12-18/h2-7,9,11,18H,8,10,12H2,1H3. The zero-order valence-electron chi connectivity index (χ0n) is 11.8. The number of sulfonamides is 1. The predicted molar refractivity (Wildman–Crippen MR) is 80.1 cm³/mol. The lowest BCUT2D eigenvalue weighted by atomic mass is 10.2. The molecule has 1 aromatic heterocycles. The van der Waals surface area contributed by atoms with E-state index in [9.17, 15) is 8.42 Å². The van der Waals surface area contributed by atoms with E-state index in [1.165, 1.54) is 16.4 Å². The quantitative estimate of drug-likeness (QED) is 0.876. The van der Waals surface area contributed by atoms with Gasteiger partial charge in [-0.2, -0.15) is 0 Å². The number of likely N-dealkylation sites (N-methyl/N-ethyl adjacent to an activating group) is 1. The van der Waals surface area contributed by atoms with E-state index in [4.69, 9.17) is 5.11 Å². The molecule has 0 radical (unpaired) electrons. The number of rotatable bonds is 6. The second-order valence-electron chi connectivity index (χ2n) is 4.70. The Hall–Kier alpha value is -1.76. The fraction of sp³-hybridized carbons (Fsp3) is 0.267. The predicted octanol–water partition coefficient (Wildman–Crippen LogP) is 1.44. The number of hydrogen-bond acceptors (Lipinski definition) is 4. The highest BCUT2D eigenvalue weighted by atomic mass is 32.2. The van der Waals surface area contributed by atoms with Crippen LogP contribution in [0.4, 0.5) is 0 Å². The zero-order valence-corrected chi connectivity index (χ0v) is 12.6. The summed E-state index contributed by atoms with van der Waals surface area (Å²) in [5, 5.41) is 9.10. The third-order valence-electron chi connectivity index (χ3n) is 3.20. The molecule has 2 aromatic rings. The number of benzene rings is 1. The molecule has 112 valence electrons. The van der Waals surface area contributed by atoms with E-state index in [1.807, 2.05) is 18.2 Å². The van der Waals surface area contributed by atoms with Crippen molar-refractivity contribution < 1.29 is 13.5 Å². The maximum Gasteiger partial charge on any atom is 0.242 e. The van der Waals surface area contributed by atoms with Crippen molar-refractivity contribution in [3.8, 4) is 0 Å². The van der Waals surface area contributed by atoms with E-state index in [0.717, 1.165) is 5.69 Å². The first-order chi connectivity index (χ1) is 10.0. The van der Waals surface area contributed by atoms with Crippen molar-refractivity contribution in [2.75, 3.05) is 13.6 Å². The number of nitrogens with zero attached hydrogens (tertiary/aromatic N) is 2. The van der Waals surface area contributed by atoms with Crippen molar-refractivity contribution in [1.29, 1.82) is 0 Å². The molecular weight excluding hydrogens is 288 g/mol. The summed E-state index contributed by atoms with van der Waals surface area (Å²) in [6.45, 7) is 0.170. The summed E-state index contributed by atoms with van der Waals surface area (Å²) in [6, 6.07) is 11.9. The van der Waals surface area contributed by atoms with Crippen molar-refractivity contribution in [3.63, 3.8) is 0 Å². The second-order valence-corrected chi connectivity index (χ2v) is 6.75. The minimum Gasteiger partial charge on any atom is -0.392 e. The fourth-order valence-electron chi connectivity index (χ4n) is 1.92. The summed E-state index contributed by atoms with van der Waals surface area (Å²) < 4.78 is 26.2. The number of aliphatic hydroxyl groups excluding tert-OH is 1. The maximum absolute atomic E-state index is 12.4. The van der Waals surface area contributed by atoms with Gasteiger partial charge in [0.05, 0.1) is 11.5 Å². The first-order valence-electron chi connectivity index (χ1n) is 6.60. The molecule has 0 atom stereocenters. The first kappa shape index (κ1) is 15.6. The van der Waals surface area contributed by atoms with Crippen LogP contribution >= 0.6 is 0 Å². The van der Waals surface area contributed by atoms with Gasteiger partial charge in [-0.3, -0.25) is 4.98 Å². The van der Waals surface area contributed by atoms with Gasteiger partial charge in [0, 0.05) is 31.9 Å². The molecule has 21 heavy (non-hydrogen) atoms. The third-order valence-corrected chi connectivity index (χ3v) is 5.05. The van der Waals surface area contributed by atoms with E-state index in [0.29, 0.717) is 18.5 Å². The van der Waals surface area contributed by atoms with Crippen LogP contribution in [0.15, 0.2) is 53.6 Å². The van der Waals surface area contributed by atoms with Gasteiger partial charge in [0.25, 0.3) is 0 Å². The van der Waals surface area contributed by atoms with Crippen LogP contribution in [0.25, 0.3) is 0 Å². The Balaban J connectivity index is 2.11. The topological polar surface area (TPSA) is 70.5 Å². The summed E-state index contributed by atoms with van der Waals surface area (Å²) in [6.07, 6.45) is 2.24. The van der Waals surface area contributed by atoms with Gasteiger partial charge in [0.1, 0.15) is 0 Å². The molecule has 0 fully saturated rings. The Bertz CT molecular complexity index is 687. The molecule has 0 saturated heterocycles. The van der Waals surface area contributed by atoms with Gasteiger partial charge < -0.3 is 5.11 Å². The smallest absolute Gasteiger partial charge is 0.242 e. The van der Waals surface area contributed by atoms with Gasteiger partial charge in [-0.15, -0.1) is 0 Å². The summed E-state index contributed by atoms with van der Waals surface area (Å²) in [5.41, 5.74) is 1.43. The molecule has 6 heteroatoms. The van der Waals surface area contributed by atoms with E-state index >= 15 is 0 Å². The molecule has 0 aliphatic rings. The molecule has 0 unspecified atom stereocenters. The van der Waals surface area contributed by atoms with Gasteiger partial charge in [-0.1, -0.05) is 18.2 Å². The average molecular weight is 306 g/mol. The lowest BCUT2D eigenvalue weighted by Gasteiger charge is -2.17. The molecule has 2 rings (SSSR count). The highest BCUT2D eigenvalue weighted by Gasteiger charge is 2.20. The normalized spacial score (nSPS) is 11.8. The highest BCUT2D eigenvalue weighted by molar-refractivity contribution is 7.89. The van der Waals surface area contributed by atoms with Gasteiger partial charge in [0.15, 0.2) is 0 Å². The van der Waals surface area contributed by atoms with Crippen molar-refractivity contribution in [3.05, 3.63) is 59.9 Å². The molecule has 1 heterocycles. The zero-order chi connectivity index (χ0) is 15.3. The largest absolute Gasteiger partial charge is 0.392 e. The monoisotopic (exact) mass is 306 g/mol. The number of hydrogen-bond donors (Lipinski definition) is 1. The van der Waals surface area contributed by atoms with E-state index in [2.05, 4.69) is 4.98 Å². The third kappa shape index (κ3) is 3.87. The van der Waals surface area contributed by atoms with E-state index in [-0.39, 0.29) is 11.5 Å². The average Bonchev–Trinajstić information content (AvgIpc) is 2.53. The molecule has 0 saturated carbocycles. The molecule has 0 spiro atoms. The first-order valence-corrected chi connectivity index (χ1v) is 8.04. The molecular formula is C15H18N2O3S. The molecule has 0 aliphatic carbocycles. The van der Waals surface area contributed by atoms with Crippen molar-refractivity contribution >= 4 is 10.0 Å². The molecule has 1 N–H and O–H groups in total. The Morgan fingerprint density at radius 2 is 2.00 bits per heavy atom. The van der Waals surface area contributed by atoms with Gasteiger partial charge in [0.2, 0.25) is 10.0 Å². The summed E-state index contributed by atoms with van der Waals surface area (Å²) in [5.74, 6) is 0. The Morgan fingerprint density at radius 1 is 1.19 bits per heavy atom. The maximum atomic E-state index is 12.4. The van der Waals surface area contributed by atoms with Crippen LogP contribution in [0.5, 0.6) is 0 Å².